The van der Waals surface area contributed by atoms with Gasteiger partial charge in [-0.15, -0.1) is 0 Å². The van der Waals surface area contributed by atoms with E-state index in [0.29, 0.717) is 18.0 Å². The molecule has 0 aliphatic rings. The minimum absolute atomic E-state index is 0.250. The number of methoxy groups -OCH3 is 1. The minimum Gasteiger partial charge on any atom is -0.493 e. The van der Waals surface area contributed by atoms with Crippen molar-refractivity contribution in [3.05, 3.63) is 24.3 Å². The molecular weight excluding hydrogens is 254 g/mol. The van der Waals surface area contributed by atoms with Crippen LogP contribution in [0, 0.1) is 5.41 Å². The van der Waals surface area contributed by atoms with E-state index in [4.69, 9.17) is 9.47 Å². The molecule has 1 unspecified atom stereocenters. The predicted octanol–water partition coefficient (Wildman–Crippen LogP) is 2.46. The van der Waals surface area contributed by atoms with E-state index in [1.165, 1.54) is 0 Å². The van der Waals surface area contributed by atoms with E-state index >= 15 is 0 Å². The fourth-order valence-electron chi connectivity index (χ4n) is 1.69. The van der Waals surface area contributed by atoms with E-state index < -0.39 is 6.10 Å². The van der Waals surface area contributed by atoms with Crippen LogP contribution in [0.3, 0.4) is 0 Å². The van der Waals surface area contributed by atoms with Crippen LogP contribution in [0.2, 0.25) is 0 Å². The van der Waals surface area contributed by atoms with Gasteiger partial charge in [0.15, 0.2) is 11.5 Å². The minimum atomic E-state index is -0.535. The molecular formula is C16H27NO3. The molecule has 0 saturated heterocycles. The fraction of sp³-hybridized carbons (Fsp3) is 0.625. The molecule has 0 spiro atoms. The first-order valence-corrected chi connectivity index (χ1v) is 7.13. The van der Waals surface area contributed by atoms with Crippen molar-refractivity contribution in [3.63, 3.8) is 0 Å². The predicted molar refractivity (Wildman–Crippen MR) is 81.4 cm³/mol. The molecule has 1 aromatic carbocycles. The van der Waals surface area contributed by atoms with Gasteiger partial charge in [0.05, 0.1) is 7.11 Å². The maximum Gasteiger partial charge on any atom is 0.161 e. The van der Waals surface area contributed by atoms with Crippen LogP contribution in [0.5, 0.6) is 11.5 Å². The fourth-order valence-corrected chi connectivity index (χ4v) is 1.69. The van der Waals surface area contributed by atoms with E-state index in [1.54, 1.807) is 7.11 Å². The maximum atomic E-state index is 9.92. The SMILES string of the molecule is CCC(C)(C)CNCC(O)COc1ccccc1OC. The van der Waals surface area contributed by atoms with Crippen molar-refractivity contribution in [2.45, 2.75) is 33.3 Å². The van der Waals surface area contributed by atoms with Gasteiger partial charge in [0, 0.05) is 13.1 Å². The Labute approximate surface area is 122 Å². The zero-order valence-electron chi connectivity index (χ0n) is 13.0. The molecule has 4 heteroatoms. The molecule has 1 aromatic rings. The number of nitrogens with one attached hydrogen (secondary N) is 1. The molecule has 1 atom stereocenters. The van der Waals surface area contributed by atoms with Crippen LogP contribution >= 0.6 is 0 Å². The average molecular weight is 281 g/mol. The highest BCUT2D eigenvalue weighted by Gasteiger charge is 2.15. The van der Waals surface area contributed by atoms with Crippen LogP contribution in [-0.4, -0.2) is 38.0 Å². The molecule has 0 aromatic heterocycles. The smallest absolute Gasteiger partial charge is 0.161 e. The highest BCUT2D eigenvalue weighted by molar-refractivity contribution is 5.39. The summed E-state index contributed by atoms with van der Waals surface area (Å²) in [5.74, 6) is 1.34. The maximum absolute atomic E-state index is 9.92. The Morgan fingerprint density at radius 3 is 2.50 bits per heavy atom. The number of benzene rings is 1. The van der Waals surface area contributed by atoms with Crippen molar-refractivity contribution < 1.29 is 14.6 Å². The number of hydrogen-bond acceptors (Lipinski definition) is 4. The molecule has 114 valence electrons. The normalized spacial score (nSPS) is 13.1. The Morgan fingerprint density at radius 1 is 1.25 bits per heavy atom. The lowest BCUT2D eigenvalue weighted by Gasteiger charge is -2.24. The van der Waals surface area contributed by atoms with Gasteiger partial charge in [-0.1, -0.05) is 32.9 Å². The lowest BCUT2D eigenvalue weighted by atomic mass is 9.90. The van der Waals surface area contributed by atoms with Gasteiger partial charge >= 0.3 is 0 Å². The van der Waals surface area contributed by atoms with E-state index in [0.717, 1.165) is 13.0 Å². The zero-order valence-corrected chi connectivity index (χ0v) is 13.0. The third-order valence-corrected chi connectivity index (χ3v) is 3.44. The monoisotopic (exact) mass is 281 g/mol. The Kier molecular flexibility index (Phi) is 6.82. The van der Waals surface area contributed by atoms with E-state index in [2.05, 4.69) is 26.1 Å². The number of aliphatic hydroxyl groups is 1. The van der Waals surface area contributed by atoms with Gasteiger partial charge in [-0.3, -0.25) is 0 Å². The summed E-state index contributed by atoms with van der Waals surface area (Å²) >= 11 is 0. The van der Waals surface area contributed by atoms with Gasteiger partial charge in [-0.2, -0.15) is 0 Å². The second-order valence-electron chi connectivity index (χ2n) is 5.76. The number of rotatable bonds is 9. The molecule has 0 saturated carbocycles. The molecule has 0 aliphatic heterocycles. The highest BCUT2D eigenvalue weighted by atomic mass is 16.5. The molecule has 1 rings (SSSR count). The number of ether oxygens (including phenoxy) is 2. The first kappa shape index (κ1) is 16.8. The van der Waals surface area contributed by atoms with Crippen LogP contribution in [0.25, 0.3) is 0 Å². The Morgan fingerprint density at radius 2 is 1.90 bits per heavy atom. The molecule has 0 aliphatic carbocycles. The molecule has 4 nitrogen and oxygen atoms in total. The quantitative estimate of drug-likeness (QED) is 0.730. The Bertz CT molecular complexity index is 393. The largest absolute Gasteiger partial charge is 0.493 e. The van der Waals surface area contributed by atoms with Crippen molar-refractivity contribution in [1.82, 2.24) is 5.32 Å². The highest BCUT2D eigenvalue weighted by Crippen LogP contribution is 2.25. The van der Waals surface area contributed by atoms with Gasteiger partial charge in [0.25, 0.3) is 0 Å². The standard InChI is InChI=1S/C16H27NO3/c1-5-16(2,3)12-17-10-13(18)11-20-15-9-7-6-8-14(15)19-4/h6-9,13,17-18H,5,10-12H2,1-4H3. The van der Waals surface area contributed by atoms with Gasteiger partial charge in [0.1, 0.15) is 12.7 Å². The van der Waals surface area contributed by atoms with Crippen molar-refractivity contribution in [2.24, 2.45) is 5.41 Å². The summed E-state index contributed by atoms with van der Waals surface area (Å²) in [6.07, 6.45) is 0.570. The summed E-state index contributed by atoms with van der Waals surface area (Å²) < 4.78 is 10.8. The van der Waals surface area contributed by atoms with Crippen LogP contribution < -0.4 is 14.8 Å². The molecule has 0 radical (unpaired) electrons. The third kappa shape index (κ3) is 5.80. The zero-order chi connectivity index (χ0) is 15.0. The lowest BCUT2D eigenvalue weighted by molar-refractivity contribution is 0.102. The average Bonchev–Trinajstić information content (AvgIpc) is 2.45. The molecule has 2 N–H and O–H groups in total. The van der Waals surface area contributed by atoms with Crippen LogP contribution in [0.1, 0.15) is 27.2 Å². The third-order valence-electron chi connectivity index (χ3n) is 3.44. The summed E-state index contributed by atoms with van der Waals surface area (Å²) in [7, 11) is 1.60. The molecule has 20 heavy (non-hydrogen) atoms. The van der Waals surface area contributed by atoms with E-state index in [1.807, 2.05) is 24.3 Å². The molecule has 0 fully saturated rings. The van der Waals surface area contributed by atoms with Gasteiger partial charge < -0.3 is 19.9 Å². The first-order chi connectivity index (χ1) is 9.48. The lowest BCUT2D eigenvalue weighted by Crippen LogP contribution is -2.36. The van der Waals surface area contributed by atoms with Crippen molar-refractivity contribution in [1.29, 1.82) is 0 Å². The van der Waals surface area contributed by atoms with Crippen molar-refractivity contribution in [3.8, 4) is 11.5 Å². The second kappa shape index (κ2) is 8.12. The van der Waals surface area contributed by atoms with Gasteiger partial charge in [-0.25, -0.2) is 0 Å². The first-order valence-electron chi connectivity index (χ1n) is 7.13. The number of hydrogen-bond donors (Lipinski definition) is 2. The van der Waals surface area contributed by atoms with Crippen molar-refractivity contribution >= 4 is 0 Å². The van der Waals surface area contributed by atoms with Crippen LogP contribution in [0.4, 0.5) is 0 Å². The summed E-state index contributed by atoms with van der Waals surface area (Å²) in [6, 6.07) is 7.44. The Hall–Kier alpha value is -1.26. The van der Waals surface area contributed by atoms with Gasteiger partial charge in [-0.05, 0) is 24.0 Å². The van der Waals surface area contributed by atoms with Crippen LogP contribution in [0.15, 0.2) is 24.3 Å². The number of aliphatic hydroxyl groups excluding tert-OH is 1. The van der Waals surface area contributed by atoms with E-state index in [9.17, 15) is 5.11 Å². The van der Waals surface area contributed by atoms with E-state index in [-0.39, 0.29) is 12.0 Å². The van der Waals surface area contributed by atoms with Crippen LogP contribution in [-0.2, 0) is 0 Å². The summed E-state index contributed by atoms with van der Waals surface area (Å²) in [5.41, 5.74) is 0.253. The molecule has 0 amide bonds. The number of para-hydroxylation sites is 2. The Balaban J connectivity index is 2.31. The second-order valence-corrected chi connectivity index (χ2v) is 5.76. The van der Waals surface area contributed by atoms with Crippen molar-refractivity contribution in [2.75, 3.05) is 26.8 Å². The topological polar surface area (TPSA) is 50.7 Å². The molecule has 0 heterocycles. The molecule has 0 bridgehead atoms. The summed E-state index contributed by atoms with van der Waals surface area (Å²) in [5, 5.41) is 13.2. The van der Waals surface area contributed by atoms with Gasteiger partial charge in [0.2, 0.25) is 0 Å². The summed E-state index contributed by atoms with van der Waals surface area (Å²) in [6.45, 7) is 8.24. The summed E-state index contributed by atoms with van der Waals surface area (Å²) in [4.78, 5) is 0.